The first-order valence-corrected chi connectivity index (χ1v) is 5.38. The summed E-state index contributed by atoms with van der Waals surface area (Å²) in [6, 6.07) is 0. The van der Waals surface area contributed by atoms with Crippen molar-refractivity contribution in [1.82, 2.24) is 4.90 Å². The van der Waals surface area contributed by atoms with Crippen LogP contribution in [0.1, 0.15) is 27.7 Å². The highest BCUT2D eigenvalue weighted by atomic mass is 16.7. The van der Waals surface area contributed by atoms with E-state index in [9.17, 15) is 9.59 Å². The quantitative estimate of drug-likeness (QED) is 0.559. The summed E-state index contributed by atoms with van der Waals surface area (Å²) < 4.78 is 10.3. The summed E-state index contributed by atoms with van der Waals surface area (Å²) in [5, 5.41) is 8.69. The zero-order valence-corrected chi connectivity index (χ0v) is 10.2. The van der Waals surface area contributed by atoms with Crippen LogP contribution in [0.4, 0.5) is 4.79 Å². The number of allylic oxidation sites excluding steroid dienone is 1. The first-order valence-electron chi connectivity index (χ1n) is 5.38. The molecule has 0 aromatic rings. The van der Waals surface area contributed by atoms with Crippen molar-refractivity contribution in [2.45, 2.75) is 33.9 Å². The van der Waals surface area contributed by atoms with Crippen molar-refractivity contribution in [1.29, 1.82) is 0 Å². The molecule has 0 aromatic heterocycles. The molecule has 1 fully saturated rings. The summed E-state index contributed by atoms with van der Waals surface area (Å²) in [5.41, 5.74) is -0.415. The summed E-state index contributed by atoms with van der Waals surface area (Å²) in [6.45, 7) is 7.35. The van der Waals surface area contributed by atoms with Crippen LogP contribution >= 0.6 is 0 Å². The largest absolute Gasteiger partial charge is 0.512 e. The maximum Gasteiger partial charge on any atom is 0.512 e. The van der Waals surface area contributed by atoms with Gasteiger partial charge >= 0.3 is 6.16 Å². The van der Waals surface area contributed by atoms with E-state index >= 15 is 0 Å². The van der Waals surface area contributed by atoms with Crippen LogP contribution in [-0.2, 0) is 14.3 Å². The van der Waals surface area contributed by atoms with Crippen molar-refractivity contribution in [2.75, 3.05) is 0 Å². The lowest BCUT2D eigenvalue weighted by Gasteiger charge is -2.38. The van der Waals surface area contributed by atoms with Crippen LogP contribution < -0.4 is 0 Å². The highest BCUT2D eigenvalue weighted by molar-refractivity contribution is 5.87. The van der Waals surface area contributed by atoms with Gasteiger partial charge in [0.1, 0.15) is 0 Å². The number of hydrogen-bond donors (Lipinski definition) is 1. The van der Waals surface area contributed by atoms with E-state index in [1.165, 1.54) is 4.90 Å². The molecule has 0 bridgehead atoms. The van der Waals surface area contributed by atoms with Crippen LogP contribution in [0.2, 0.25) is 0 Å². The van der Waals surface area contributed by atoms with Gasteiger partial charge in [0.25, 0.3) is 5.88 Å². The molecule has 2 heterocycles. The number of amides is 1. The fourth-order valence-electron chi connectivity index (χ4n) is 1.94. The predicted octanol–water partition coefficient (Wildman–Crippen LogP) is 1.73. The predicted molar refractivity (Wildman–Crippen MR) is 56.5 cm³/mol. The third-order valence-electron chi connectivity index (χ3n) is 2.83. The summed E-state index contributed by atoms with van der Waals surface area (Å²) in [7, 11) is 0. The Morgan fingerprint density at radius 3 is 2.53 bits per heavy atom. The fourth-order valence-corrected chi connectivity index (χ4v) is 1.94. The van der Waals surface area contributed by atoms with Gasteiger partial charge in [-0.15, -0.1) is 0 Å². The van der Waals surface area contributed by atoms with E-state index in [2.05, 4.69) is 4.74 Å². The van der Waals surface area contributed by atoms with Gasteiger partial charge < -0.3 is 14.6 Å². The average molecular weight is 241 g/mol. The van der Waals surface area contributed by atoms with Gasteiger partial charge in [-0.05, 0) is 6.92 Å². The van der Waals surface area contributed by atoms with Gasteiger partial charge in [-0.2, -0.15) is 0 Å². The SMILES string of the molecule is CC1C(=O)N2C(OC(=O)O)=C(C(C)(C)C)O[C@@H]12. The van der Waals surface area contributed by atoms with E-state index < -0.39 is 17.8 Å². The summed E-state index contributed by atoms with van der Waals surface area (Å²) in [5.74, 6) is -0.0200. The first kappa shape index (κ1) is 11.8. The average Bonchev–Trinajstić information content (AvgIpc) is 2.51. The van der Waals surface area contributed by atoms with Crippen LogP contribution in [0.15, 0.2) is 11.6 Å². The third-order valence-corrected chi connectivity index (χ3v) is 2.83. The summed E-state index contributed by atoms with van der Waals surface area (Å²) in [4.78, 5) is 23.6. The van der Waals surface area contributed by atoms with Gasteiger partial charge in [-0.1, -0.05) is 20.8 Å². The number of carboxylic acid groups (broad SMARTS) is 1. The maximum atomic E-state index is 11.6. The molecule has 6 heteroatoms. The lowest BCUT2D eigenvalue weighted by Crippen LogP contribution is -2.57. The Balaban J connectivity index is 2.36. The van der Waals surface area contributed by atoms with E-state index in [0.29, 0.717) is 5.76 Å². The van der Waals surface area contributed by atoms with Crippen LogP contribution in [0, 0.1) is 11.3 Å². The van der Waals surface area contributed by atoms with E-state index in [1.54, 1.807) is 6.92 Å². The molecule has 0 saturated carbocycles. The molecule has 1 amide bonds. The highest BCUT2D eigenvalue weighted by Gasteiger charge is 2.56. The van der Waals surface area contributed by atoms with Gasteiger partial charge in [-0.25, -0.2) is 9.69 Å². The Bertz CT molecular complexity index is 420. The number of fused-ring (bicyclic) bond motifs is 1. The van der Waals surface area contributed by atoms with Crippen molar-refractivity contribution in [3.8, 4) is 0 Å². The second-order valence-electron chi connectivity index (χ2n) is 5.26. The van der Waals surface area contributed by atoms with E-state index in [-0.39, 0.29) is 17.7 Å². The number of ether oxygens (including phenoxy) is 2. The monoisotopic (exact) mass is 241 g/mol. The van der Waals surface area contributed by atoms with Gasteiger partial charge in [0, 0.05) is 5.41 Å². The molecule has 1 N–H and O–H groups in total. The zero-order chi connectivity index (χ0) is 13.0. The van der Waals surface area contributed by atoms with Crippen LogP contribution in [0.25, 0.3) is 0 Å². The fraction of sp³-hybridized carbons (Fsp3) is 0.636. The Morgan fingerprint density at radius 1 is 1.47 bits per heavy atom. The molecule has 2 aliphatic heterocycles. The molecular weight excluding hydrogens is 226 g/mol. The van der Waals surface area contributed by atoms with Gasteiger partial charge in [-0.3, -0.25) is 4.79 Å². The van der Waals surface area contributed by atoms with Crippen molar-refractivity contribution in [3.63, 3.8) is 0 Å². The molecule has 17 heavy (non-hydrogen) atoms. The van der Waals surface area contributed by atoms with Crippen molar-refractivity contribution in [3.05, 3.63) is 11.6 Å². The standard InChI is InChI=1S/C11H15NO5/c1-5-7(13)12-8(5)16-6(11(2,3)4)9(12)17-10(14)15/h5,8H,1-4H3,(H,14,15)/t5?,8-/m0/s1. The minimum atomic E-state index is -1.45. The number of nitrogens with zero attached hydrogens (tertiary/aromatic N) is 1. The molecule has 0 radical (unpaired) electrons. The van der Waals surface area contributed by atoms with Crippen LogP contribution in [0.5, 0.6) is 0 Å². The Hall–Kier alpha value is -1.72. The zero-order valence-electron chi connectivity index (χ0n) is 10.2. The number of hydrogen-bond acceptors (Lipinski definition) is 4. The number of carbonyl (C=O) groups is 2. The Morgan fingerprint density at radius 2 is 2.06 bits per heavy atom. The molecule has 94 valence electrons. The van der Waals surface area contributed by atoms with Crippen LogP contribution in [0.3, 0.4) is 0 Å². The van der Waals surface area contributed by atoms with E-state index in [1.807, 2.05) is 20.8 Å². The maximum absolute atomic E-state index is 11.6. The topological polar surface area (TPSA) is 76.1 Å². The van der Waals surface area contributed by atoms with E-state index in [0.717, 1.165) is 0 Å². The Kier molecular flexibility index (Phi) is 2.34. The molecule has 2 atom stereocenters. The van der Waals surface area contributed by atoms with Gasteiger partial charge in [0.05, 0.1) is 5.92 Å². The summed E-state index contributed by atoms with van der Waals surface area (Å²) >= 11 is 0. The first-order chi connectivity index (χ1) is 7.73. The molecule has 2 aliphatic rings. The number of β-lactam (4-membered cyclic amide) rings is 1. The van der Waals surface area contributed by atoms with Crippen LogP contribution in [-0.4, -0.2) is 28.3 Å². The molecule has 0 aromatic carbocycles. The molecule has 1 saturated heterocycles. The highest BCUT2D eigenvalue weighted by Crippen LogP contribution is 2.45. The number of rotatable bonds is 1. The second kappa shape index (κ2) is 3.38. The lowest BCUT2D eigenvalue weighted by atomic mass is 9.94. The molecule has 0 aliphatic carbocycles. The minimum Gasteiger partial charge on any atom is -0.467 e. The van der Waals surface area contributed by atoms with E-state index in [4.69, 9.17) is 9.84 Å². The molecule has 0 spiro atoms. The summed E-state index contributed by atoms with van der Waals surface area (Å²) in [6.07, 6.45) is -1.87. The van der Waals surface area contributed by atoms with Gasteiger partial charge in [0.15, 0.2) is 12.0 Å². The second-order valence-corrected chi connectivity index (χ2v) is 5.26. The molecular formula is C11H15NO5. The number of carbonyl (C=O) groups excluding carboxylic acids is 1. The normalized spacial score (nSPS) is 27.5. The van der Waals surface area contributed by atoms with Crippen molar-refractivity contribution >= 4 is 12.1 Å². The minimum absolute atomic E-state index is 0.0121. The third kappa shape index (κ3) is 1.64. The van der Waals surface area contributed by atoms with Gasteiger partial charge in [0.2, 0.25) is 5.91 Å². The molecule has 1 unspecified atom stereocenters. The van der Waals surface area contributed by atoms with Crippen molar-refractivity contribution in [2.24, 2.45) is 11.3 Å². The smallest absolute Gasteiger partial charge is 0.467 e. The molecule has 6 nitrogen and oxygen atoms in total. The van der Waals surface area contributed by atoms with Crippen molar-refractivity contribution < 1.29 is 24.2 Å². The molecule has 2 rings (SSSR count). The lowest BCUT2D eigenvalue weighted by molar-refractivity contribution is -0.171. The Labute approximate surface area is 98.8 Å².